The molecule has 0 saturated carbocycles. The lowest BCUT2D eigenvalue weighted by Gasteiger charge is -2.49. The van der Waals surface area contributed by atoms with E-state index in [1.807, 2.05) is 6.07 Å². The molecule has 0 spiro atoms. The Labute approximate surface area is 184 Å². The van der Waals surface area contributed by atoms with Gasteiger partial charge >= 0.3 is 5.97 Å². The van der Waals surface area contributed by atoms with E-state index in [0.29, 0.717) is 21.2 Å². The van der Waals surface area contributed by atoms with Crippen LogP contribution < -0.4 is 5.32 Å². The number of benzene rings is 1. The zero-order chi connectivity index (χ0) is 21.6. The summed E-state index contributed by atoms with van der Waals surface area (Å²) in [6.45, 7) is 1.68. The van der Waals surface area contributed by atoms with E-state index in [4.69, 9.17) is 16.4 Å². The smallest absolute Gasteiger partial charge is 0.352 e. The van der Waals surface area contributed by atoms with Crippen molar-refractivity contribution in [3.63, 3.8) is 0 Å². The quantitative estimate of drug-likeness (QED) is 0.399. The number of halogens is 1. The molecule has 1 saturated heterocycles. The molecule has 0 bridgehead atoms. The third-order valence-electron chi connectivity index (χ3n) is 4.76. The second kappa shape index (κ2) is 7.93. The summed E-state index contributed by atoms with van der Waals surface area (Å²) < 4.78 is 0.923. The molecule has 0 aliphatic carbocycles. The molecule has 2 amide bonds. The molecule has 156 valence electrons. The minimum Gasteiger partial charge on any atom is -0.477 e. The van der Waals surface area contributed by atoms with Crippen LogP contribution in [0.3, 0.4) is 0 Å². The summed E-state index contributed by atoms with van der Waals surface area (Å²) in [6, 6.07) is 6.34. The largest absolute Gasteiger partial charge is 0.477 e. The Morgan fingerprint density at radius 3 is 2.83 bits per heavy atom. The van der Waals surface area contributed by atoms with Crippen molar-refractivity contribution in [3.05, 3.63) is 45.4 Å². The molecule has 8 nitrogen and oxygen atoms in total. The number of hydrogen-bond donors (Lipinski definition) is 2. The first-order chi connectivity index (χ1) is 14.3. The number of carbonyl (C=O) groups excluding carboxylic acids is 2. The van der Waals surface area contributed by atoms with Gasteiger partial charge in [0.1, 0.15) is 24.2 Å². The molecule has 0 radical (unpaired) electrons. The molecule has 4 rings (SSSR count). The number of hydrogen-bond acceptors (Lipinski definition) is 7. The molecule has 2 aliphatic heterocycles. The molecule has 2 aromatic rings. The van der Waals surface area contributed by atoms with Crippen molar-refractivity contribution >= 4 is 68.3 Å². The fraction of sp³-hybridized carbons (Fsp3) is 0.263. The number of carboxylic acids is 1. The number of aliphatic carboxylic acids is 1. The van der Waals surface area contributed by atoms with Gasteiger partial charge in [-0.2, -0.15) is 0 Å². The van der Waals surface area contributed by atoms with E-state index < -0.39 is 29.2 Å². The summed E-state index contributed by atoms with van der Waals surface area (Å²) in [7, 11) is 1.33. The number of fused-ring (bicyclic) bond motifs is 2. The van der Waals surface area contributed by atoms with Gasteiger partial charge in [-0.1, -0.05) is 16.8 Å². The molecule has 1 aromatic carbocycles. The molecule has 30 heavy (non-hydrogen) atoms. The number of nitrogens with zero attached hydrogens (tertiary/aromatic N) is 2. The molecule has 11 heteroatoms. The first-order valence-electron chi connectivity index (χ1n) is 8.81. The zero-order valence-electron chi connectivity index (χ0n) is 15.8. The van der Waals surface area contributed by atoms with Crippen molar-refractivity contribution in [2.24, 2.45) is 5.16 Å². The Kier molecular flexibility index (Phi) is 5.48. The number of thiophene rings is 1. The average molecular weight is 466 g/mol. The van der Waals surface area contributed by atoms with Crippen LogP contribution >= 0.6 is 34.7 Å². The van der Waals surface area contributed by atoms with E-state index >= 15 is 0 Å². The summed E-state index contributed by atoms with van der Waals surface area (Å²) in [5, 5.41) is 16.9. The highest BCUT2D eigenvalue weighted by molar-refractivity contribution is 8.00. The maximum atomic E-state index is 12.9. The Morgan fingerprint density at radius 1 is 1.37 bits per heavy atom. The second-order valence-electron chi connectivity index (χ2n) is 6.71. The molecule has 2 atom stereocenters. The second-order valence-corrected chi connectivity index (χ2v) is 9.34. The summed E-state index contributed by atoms with van der Waals surface area (Å²) in [5.41, 5.74) is 0.640. The first kappa shape index (κ1) is 20.7. The van der Waals surface area contributed by atoms with Crippen LogP contribution in [0, 0.1) is 0 Å². The van der Waals surface area contributed by atoms with Crippen molar-refractivity contribution in [1.82, 2.24) is 10.2 Å². The van der Waals surface area contributed by atoms with Crippen LogP contribution in [-0.2, 0) is 19.2 Å². The average Bonchev–Trinajstić information content (AvgIpc) is 3.12. The van der Waals surface area contributed by atoms with Crippen molar-refractivity contribution in [2.75, 3.05) is 12.9 Å². The van der Waals surface area contributed by atoms with Gasteiger partial charge in [-0.15, -0.1) is 23.1 Å². The Bertz CT molecular complexity index is 1140. The van der Waals surface area contributed by atoms with Gasteiger partial charge in [0.15, 0.2) is 5.71 Å². The number of oxime groups is 1. The van der Waals surface area contributed by atoms with E-state index in [1.165, 1.54) is 35.1 Å². The maximum absolute atomic E-state index is 12.9. The van der Waals surface area contributed by atoms with Crippen molar-refractivity contribution in [3.8, 4) is 0 Å². The minimum atomic E-state index is -1.15. The number of β-lactam (4-membered cyclic amide) rings is 1. The first-order valence-corrected chi connectivity index (χ1v) is 11.1. The van der Waals surface area contributed by atoms with Crippen molar-refractivity contribution in [2.45, 2.75) is 18.3 Å². The topological polar surface area (TPSA) is 108 Å². The molecule has 1 unspecified atom stereocenters. The lowest BCUT2D eigenvalue weighted by molar-refractivity contribution is -0.150. The number of nitrogens with one attached hydrogen (secondary N) is 1. The molecule has 2 aliphatic rings. The van der Waals surface area contributed by atoms with Crippen molar-refractivity contribution < 1.29 is 24.3 Å². The summed E-state index contributed by atoms with van der Waals surface area (Å²) in [5.74, 6) is -1.71. The number of thioether (sulfide) groups is 1. The number of carboxylic acid groups (broad SMARTS) is 1. The fourth-order valence-corrected chi connectivity index (χ4v) is 5.90. The predicted octanol–water partition coefficient (Wildman–Crippen LogP) is 2.66. The third-order valence-corrected chi connectivity index (χ3v) is 7.54. The van der Waals surface area contributed by atoms with Crippen LogP contribution in [0.15, 0.2) is 40.7 Å². The lowest BCUT2D eigenvalue weighted by atomic mass is 10.0. The Balaban J connectivity index is 1.57. The van der Waals surface area contributed by atoms with Gasteiger partial charge in [0.05, 0.1) is 4.88 Å². The van der Waals surface area contributed by atoms with Gasteiger partial charge < -0.3 is 15.3 Å². The molecular formula is C19H16ClN3O5S2. The van der Waals surface area contributed by atoms with Crippen LogP contribution in [0.25, 0.3) is 10.1 Å². The molecular weight excluding hydrogens is 450 g/mol. The summed E-state index contributed by atoms with van der Waals surface area (Å²) >= 11 is 8.79. The minimum absolute atomic E-state index is 0.0126. The normalized spacial score (nSPS) is 21.4. The molecule has 2 N–H and O–H groups in total. The zero-order valence-corrected chi connectivity index (χ0v) is 18.2. The Morgan fingerprint density at radius 2 is 2.13 bits per heavy atom. The highest BCUT2D eigenvalue weighted by Gasteiger charge is 2.54. The lowest BCUT2D eigenvalue weighted by Crippen LogP contribution is -2.71. The van der Waals surface area contributed by atoms with Crippen LogP contribution in [-0.4, -0.2) is 57.8 Å². The van der Waals surface area contributed by atoms with Crippen LogP contribution in [0.5, 0.6) is 0 Å². The van der Waals surface area contributed by atoms with E-state index in [1.54, 1.807) is 25.1 Å². The maximum Gasteiger partial charge on any atom is 0.352 e. The Hall–Kier alpha value is -2.56. The van der Waals surface area contributed by atoms with Gasteiger partial charge in [-0.05, 0) is 42.1 Å². The molecule has 1 aromatic heterocycles. The van der Waals surface area contributed by atoms with E-state index in [2.05, 4.69) is 10.5 Å². The van der Waals surface area contributed by atoms with Crippen molar-refractivity contribution in [1.29, 1.82) is 0 Å². The predicted molar refractivity (Wildman–Crippen MR) is 116 cm³/mol. The SMILES string of the molecule is CON=C(C(=O)NC1C(=O)N2C(C(=O)O)=C(C)CS[C@@H]12)c1cc2cc(Cl)ccc2s1. The van der Waals surface area contributed by atoms with Gasteiger partial charge in [-0.25, -0.2) is 4.79 Å². The molecule has 1 fully saturated rings. The molecule has 3 heterocycles. The van der Waals surface area contributed by atoms with E-state index in [-0.39, 0.29) is 11.4 Å². The third kappa shape index (κ3) is 3.44. The summed E-state index contributed by atoms with van der Waals surface area (Å²) in [6.07, 6.45) is 0. The van der Waals surface area contributed by atoms with Gasteiger partial charge in [0, 0.05) is 15.5 Å². The van der Waals surface area contributed by atoms with Gasteiger partial charge in [0.2, 0.25) is 0 Å². The monoisotopic (exact) mass is 465 g/mol. The standard InChI is InChI=1S/C19H16ClN3O5S2/c1-8-7-29-18-14(17(25)23(18)15(8)19(26)27)21-16(24)13(22-28-2)12-6-9-5-10(20)3-4-11(9)30-12/h3-6,14,18H,7H2,1-2H3,(H,21,24)(H,26,27)/t14?,18-/m0/s1. The van der Waals surface area contributed by atoms with E-state index in [0.717, 1.165) is 10.1 Å². The highest BCUT2D eigenvalue weighted by atomic mass is 35.5. The highest BCUT2D eigenvalue weighted by Crippen LogP contribution is 2.40. The van der Waals surface area contributed by atoms with E-state index in [9.17, 15) is 19.5 Å². The van der Waals surface area contributed by atoms with Crippen LogP contribution in [0.4, 0.5) is 0 Å². The fourth-order valence-electron chi connectivity index (χ4n) is 3.41. The number of carbonyl (C=O) groups is 3. The number of rotatable bonds is 5. The summed E-state index contributed by atoms with van der Waals surface area (Å²) in [4.78, 5) is 43.7. The van der Waals surface area contributed by atoms with Gasteiger partial charge in [-0.3, -0.25) is 14.5 Å². The number of amides is 2. The van der Waals surface area contributed by atoms with Crippen LogP contribution in [0.1, 0.15) is 11.8 Å². The van der Waals surface area contributed by atoms with Crippen LogP contribution in [0.2, 0.25) is 5.02 Å². The van der Waals surface area contributed by atoms with Gasteiger partial charge in [0.25, 0.3) is 11.8 Å².